The van der Waals surface area contributed by atoms with Crippen LogP contribution < -0.4 is 0 Å². The lowest BCUT2D eigenvalue weighted by atomic mass is 9.87. The highest BCUT2D eigenvalue weighted by Gasteiger charge is 2.36. The molecule has 2 atom stereocenters. The number of hydrogen-bond acceptors (Lipinski definition) is 2. The van der Waals surface area contributed by atoms with E-state index in [1.165, 1.54) is 11.1 Å². The van der Waals surface area contributed by atoms with Gasteiger partial charge in [0.1, 0.15) is 0 Å². The summed E-state index contributed by atoms with van der Waals surface area (Å²) in [6, 6.07) is 8.69. The second-order valence-corrected chi connectivity index (χ2v) is 5.41. The number of carbonyl (C=O) groups is 1. The van der Waals surface area contributed by atoms with Crippen molar-refractivity contribution in [3.63, 3.8) is 0 Å². The standard InChI is InChI=1S/C15H19NO2/c17-10-11-8-15(18)16(9-11)14-7-3-5-12-4-1-2-6-13(12)14/h1-2,4,6,11,14,17H,3,5,7-10H2. The Hall–Kier alpha value is -1.35. The normalized spacial score (nSPS) is 27.4. The maximum Gasteiger partial charge on any atom is 0.223 e. The first-order chi connectivity index (χ1) is 8.79. The molecule has 0 aromatic heterocycles. The van der Waals surface area contributed by atoms with Gasteiger partial charge in [0.25, 0.3) is 0 Å². The molecule has 1 aromatic rings. The quantitative estimate of drug-likeness (QED) is 0.864. The van der Waals surface area contributed by atoms with Gasteiger partial charge in [-0.2, -0.15) is 0 Å². The predicted octanol–water partition coefficient (Wildman–Crippen LogP) is 1.90. The number of aryl methyl sites for hydroxylation is 1. The molecule has 0 saturated carbocycles. The summed E-state index contributed by atoms with van der Waals surface area (Å²) >= 11 is 0. The van der Waals surface area contributed by atoms with Crippen LogP contribution in [0.2, 0.25) is 0 Å². The van der Waals surface area contributed by atoms with Crippen molar-refractivity contribution in [2.75, 3.05) is 13.2 Å². The lowest BCUT2D eigenvalue weighted by Crippen LogP contribution is -2.32. The highest BCUT2D eigenvalue weighted by Crippen LogP contribution is 2.37. The minimum Gasteiger partial charge on any atom is -0.396 e. The van der Waals surface area contributed by atoms with E-state index in [9.17, 15) is 9.90 Å². The van der Waals surface area contributed by atoms with Gasteiger partial charge < -0.3 is 10.0 Å². The first kappa shape index (κ1) is 11.7. The van der Waals surface area contributed by atoms with Crippen molar-refractivity contribution in [1.82, 2.24) is 4.90 Å². The molecule has 3 heteroatoms. The zero-order valence-corrected chi connectivity index (χ0v) is 10.5. The Labute approximate surface area is 107 Å². The van der Waals surface area contributed by atoms with Crippen LogP contribution in [0.4, 0.5) is 0 Å². The molecule has 1 aliphatic heterocycles. The van der Waals surface area contributed by atoms with Crippen molar-refractivity contribution >= 4 is 5.91 Å². The first-order valence-corrected chi connectivity index (χ1v) is 6.77. The highest BCUT2D eigenvalue weighted by molar-refractivity contribution is 5.79. The van der Waals surface area contributed by atoms with Gasteiger partial charge >= 0.3 is 0 Å². The summed E-state index contributed by atoms with van der Waals surface area (Å²) in [5, 5.41) is 9.22. The monoisotopic (exact) mass is 245 g/mol. The second kappa shape index (κ2) is 4.73. The molecule has 1 fully saturated rings. The molecule has 1 aliphatic carbocycles. The fourth-order valence-corrected chi connectivity index (χ4v) is 3.28. The van der Waals surface area contributed by atoms with Crippen LogP contribution in [0.15, 0.2) is 24.3 Å². The number of hydrogen-bond donors (Lipinski definition) is 1. The summed E-state index contributed by atoms with van der Waals surface area (Å²) in [6.07, 6.45) is 3.84. The van der Waals surface area contributed by atoms with E-state index in [2.05, 4.69) is 24.3 Å². The third-order valence-electron chi connectivity index (χ3n) is 4.21. The predicted molar refractivity (Wildman–Crippen MR) is 69.0 cm³/mol. The Morgan fingerprint density at radius 2 is 2.17 bits per heavy atom. The lowest BCUT2D eigenvalue weighted by Gasteiger charge is -2.33. The molecule has 3 nitrogen and oxygen atoms in total. The molecular formula is C15H19NO2. The van der Waals surface area contributed by atoms with Crippen molar-refractivity contribution in [3.05, 3.63) is 35.4 Å². The number of benzene rings is 1. The highest BCUT2D eigenvalue weighted by atomic mass is 16.3. The van der Waals surface area contributed by atoms with Crippen LogP contribution in [-0.2, 0) is 11.2 Å². The molecule has 2 aliphatic rings. The van der Waals surface area contributed by atoms with Gasteiger partial charge in [-0.3, -0.25) is 4.79 Å². The molecule has 96 valence electrons. The first-order valence-electron chi connectivity index (χ1n) is 6.77. The minimum atomic E-state index is 0.122. The Kier molecular flexibility index (Phi) is 3.08. The largest absolute Gasteiger partial charge is 0.396 e. The maximum absolute atomic E-state index is 12.1. The fourth-order valence-electron chi connectivity index (χ4n) is 3.28. The van der Waals surface area contributed by atoms with E-state index in [0.717, 1.165) is 19.3 Å². The van der Waals surface area contributed by atoms with E-state index < -0.39 is 0 Å². The molecule has 0 radical (unpaired) electrons. The fraction of sp³-hybridized carbons (Fsp3) is 0.533. The molecule has 0 spiro atoms. The van der Waals surface area contributed by atoms with Gasteiger partial charge in [0, 0.05) is 25.5 Å². The van der Waals surface area contributed by atoms with Crippen LogP contribution in [0.1, 0.15) is 36.4 Å². The third-order valence-corrected chi connectivity index (χ3v) is 4.21. The average Bonchev–Trinajstić information content (AvgIpc) is 2.79. The summed E-state index contributed by atoms with van der Waals surface area (Å²) in [6.45, 7) is 0.838. The Balaban J connectivity index is 1.88. The number of rotatable bonds is 2. The smallest absolute Gasteiger partial charge is 0.223 e. The minimum absolute atomic E-state index is 0.122. The SMILES string of the molecule is O=C1CC(CO)CN1C1CCCc2ccccc21. The van der Waals surface area contributed by atoms with Crippen LogP contribution in [0.25, 0.3) is 0 Å². The number of carbonyl (C=O) groups excluding carboxylic acids is 1. The van der Waals surface area contributed by atoms with E-state index >= 15 is 0 Å². The molecule has 18 heavy (non-hydrogen) atoms. The lowest BCUT2D eigenvalue weighted by molar-refractivity contribution is -0.130. The number of aliphatic hydroxyl groups excluding tert-OH is 1. The van der Waals surface area contributed by atoms with Gasteiger partial charge in [0.05, 0.1) is 6.04 Å². The van der Waals surface area contributed by atoms with Crippen LogP contribution in [0, 0.1) is 5.92 Å². The molecule has 1 aromatic carbocycles. The molecule has 3 rings (SSSR count). The molecule has 0 bridgehead atoms. The molecule has 2 unspecified atom stereocenters. The van der Waals surface area contributed by atoms with Gasteiger partial charge in [0.15, 0.2) is 0 Å². The van der Waals surface area contributed by atoms with Crippen molar-refractivity contribution < 1.29 is 9.90 Å². The number of amides is 1. The molecule has 1 N–H and O–H groups in total. The van der Waals surface area contributed by atoms with E-state index in [0.29, 0.717) is 13.0 Å². The summed E-state index contributed by atoms with van der Waals surface area (Å²) in [5.74, 6) is 0.336. The van der Waals surface area contributed by atoms with Crippen molar-refractivity contribution in [1.29, 1.82) is 0 Å². The zero-order valence-electron chi connectivity index (χ0n) is 10.5. The molecule has 1 amide bonds. The number of likely N-dealkylation sites (tertiary alicyclic amines) is 1. The van der Waals surface area contributed by atoms with Crippen molar-refractivity contribution in [3.8, 4) is 0 Å². The molecule has 1 saturated heterocycles. The maximum atomic E-state index is 12.1. The molecular weight excluding hydrogens is 226 g/mol. The van der Waals surface area contributed by atoms with Crippen LogP contribution >= 0.6 is 0 Å². The van der Waals surface area contributed by atoms with Crippen molar-refractivity contribution in [2.45, 2.75) is 31.7 Å². The molecule has 1 heterocycles. The number of fused-ring (bicyclic) bond motifs is 1. The average molecular weight is 245 g/mol. The van der Waals surface area contributed by atoms with Gasteiger partial charge in [-0.25, -0.2) is 0 Å². The Bertz CT molecular complexity index is 458. The van der Waals surface area contributed by atoms with Crippen molar-refractivity contribution in [2.24, 2.45) is 5.92 Å². The third kappa shape index (κ3) is 1.93. The summed E-state index contributed by atoms with van der Waals surface area (Å²) in [7, 11) is 0. The van der Waals surface area contributed by atoms with E-state index in [1.807, 2.05) is 4.90 Å². The zero-order chi connectivity index (χ0) is 12.5. The Morgan fingerprint density at radius 3 is 2.94 bits per heavy atom. The van der Waals surface area contributed by atoms with Gasteiger partial charge in [-0.1, -0.05) is 24.3 Å². The van der Waals surface area contributed by atoms with Crippen LogP contribution in [0.5, 0.6) is 0 Å². The van der Waals surface area contributed by atoms with E-state index in [1.54, 1.807) is 0 Å². The van der Waals surface area contributed by atoms with Gasteiger partial charge in [-0.05, 0) is 30.4 Å². The van der Waals surface area contributed by atoms with E-state index in [-0.39, 0.29) is 24.5 Å². The topological polar surface area (TPSA) is 40.5 Å². The summed E-state index contributed by atoms with van der Waals surface area (Å²) < 4.78 is 0. The van der Waals surface area contributed by atoms with Gasteiger partial charge in [0.2, 0.25) is 5.91 Å². The van der Waals surface area contributed by atoms with Crippen LogP contribution in [0.3, 0.4) is 0 Å². The van der Waals surface area contributed by atoms with Crippen LogP contribution in [-0.4, -0.2) is 29.1 Å². The van der Waals surface area contributed by atoms with E-state index in [4.69, 9.17) is 0 Å². The number of aliphatic hydroxyl groups is 1. The van der Waals surface area contributed by atoms with Gasteiger partial charge in [-0.15, -0.1) is 0 Å². The second-order valence-electron chi connectivity index (χ2n) is 5.41. The Morgan fingerprint density at radius 1 is 1.33 bits per heavy atom. The summed E-state index contributed by atoms with van der Waals surface area (Å²) in [5.41, 5.74) is 2.70. The number of nitrogens with zero attached hydrogens (tertiary/aromatic N) is 1. The summed E-state index contributed by atoms with van der Waals surface area (Å²) in [4.78, 5) is 14.1.